The molecule has 146 valence electrons. The molecular weight excluding hydrogens is 380 g/mol. The number of nitrogens with two attached hydrogens (primary N) is 1. The quantitative estimate of drug-likeness (QED) is 0.522. The van der Waals surface area contributed by atoms with Gasteiger partial charge in [-0.15, -0.1) is 0 Å². The maximum atomic E-state index is 14.0. The van der Waals surface area contributed by atoms with E-state index in [1.54, 1.807) is 24.4 Å². The number of benzene rings is 2. The van der Waals surface area contributed by atoms with E-state index in [9.17, 15) is 22.4 Å². The van der Waals surface area contributed by atoms with Crippen LogP contribution in [0, 0.1) is 5.82 Å². The minimum atomic E-state index is -4.70. The van der Waals surface area contributed by atoms with E-state index in [1.165, 1.54) is 13.2 Å². The number of nitrogens with zero attached hydrogens (tertiary/aromatic N) is 2. The summed E-state index contributed by atoms with van der Waals surface area (Å²) in [5.74, 6) is 3.57. The zero-order chi connectivity index (χ0) is 20.5. The topological polar surface area (TPSA) is 82.2 Å². The standard InChI is InChI=1S/C18H14F4N4O2/c1-28-16-8-10(14-6-7-26(23)25-14)2-5-15(16)24-17(27)12-4-3-11(9-13(12)19)18(20,21)22/h2-9H,23H2,1H3,(H,24,27). The lowest BCUT2D eigenvalue weighted by atomic mass is 10.1. The van der Waals surface area contributed by atoms with Crippen molar-refractivity contribution in [2.24, 2.45) is 0 Å². The number of amides is 1. The number of anilines is 1. The van der Waals surface area contributed by atoms with Gasteiger partial charge in [-0.25, -0.2) is 4.39 Å². The molecule has 3 aromatic rings. The maximum Gasteiger partial charge on any atom is 0.416 e. The van der Waals surface area contributed by atoms with Crippen molar-refractivity contribution in [1.29, 1.82) is 0 Å². The third-order valence-corrected chi connectivity index (χ3v) is 3.89. The van der Waals surface area contributed by atoms with E-state index in [1.807, 2.05) is 0 Å². The SMILES string of the molecule is COc1cc(-c2ccn(N)n2)ccc1NC(=O)c1ccc(C(F)(F)F)cc1F. The van der Waals surface area contributed by atoms with Crippen molar-refractivity contribution in [1.82, 2.24) is 9.89 Å². The Morgan fingerprint density at radius 1 is 1.18 bits per heavy atom. The lowest BCUT2D eigenvalue weighted by Crippen LogP contribution is -2.15. The van der Waals surface area contributed by atoms with E-state index in [2.05, 4.69) is 10.4 Å². The highest BCUT2D eigenvalue weighted by Crippen LogP contribution is 2.32. The van der Waals surface area contributed by atoms with Gasteiger partial charge in [-0.3, -0.25) is 4.79 Å². The first-order valence-corrected chi connectivity index (χ1v) is 7.86. The van der Waals surface area contributed by atoms with Crippen LogP contribution in [-0.2, 0) is 6.18 Å². The second-order valence-electron chi connectivity index (χ2n) is 5.74. The zero-order valence-corrected chi connectivity index (χ0v) is 14.4. The minimum absolute atomic E-state index is 0.211. The molecule has 6 nitrogen and oxygen atoms in total. The highest BCUT2D eigenvalue weighted by molar-refractivity contribution is 6.05. The molecule has 10 heteroatoms. The van der Waals surface area contributed by atoms with Gasteiger partial charge < -0.3 is 15.9 Å². The molecule has 3 rings (SSSR count). The molecular formula is C18H14F4N4O2. The smallest absolute Gasteiger partial charge is 0.416 e. The van der Waals surface area contributed by atoms with E-state index in [-0.39, 0.29) is 17.5 Å². The van der Waals surface area contributed by atoms with E-state index in [0.717, 1.165) is 10.9 Å². The Hall–Kier alpha value is -3.56. The number of ether oxygens (including phenoxy) is 1. The van der Waals surface area contributed by atoms with Crippen molar-refractivity contribution >= 4 is 11.6 Å². The fourth-order valence-electron chi connectivity index (χ4n) is 2.51. The first-order chi connectivity index (χ1) is 13.2. The number of halogens is 4. The molecule has 0 fully saturated rings. The Bertz CT molecular complexity index is 1030. The molecule has 0 unspecified atom stereocenters. The van der Waals surface area contributed by atoms with E-state index < -0.39 is 29.0 Å². The van der Waals surface area contributed by atoms with Crippen LogP contribution >= 0.6 is 0 Å². The molecule has 0 aliphatic rings. The fraction of sp³-hybridized carbons (Fsp3) is 0.111. The lowest BCUT2D eigenvalue weighted by Gasteiger charge is -2.13. The highest BCUT2D eigenvalue weighted by atomic mass is 19.4. The van der Waals surface area contributed by atoms with Crippen LogP contribution in [0.2, 0.25) is 0 Å². The zero-order valence-electron chi connectivity index (χ0n) is 14.4. The Labute approximate surface area is 156 Å². The number of carbonyl (C=O) groups is 1. The van der Waals surface area contributed by atoms with Gasteiger partial charge in [0.05, 0.1) is 29.6 Å². The molecule has 1 aromatic heterocycles. The van der Waals surface area contributed by atoms with Crippen LogP contribution in [0.5, 0.6) is 5.75 Å². The predicted octanol–water partition coefficient (Wildman–Crippen LogP) is 3.68. The van der Waals surface area contributed by atoms with Gasteiger partial charge in [-0.05, 0) is 36.4 Å². The number of rotatable bonds is 4. The molecule has 0 atom stereocenters. The largest absolute Gasteiger partial charge is 0.495 e. The molecule has 0 aliphatic carbocycles. The summed E-state index contributed by atoms with van der Waals surface area (Å²) in [6, 6.07) is 8.08. The molecule has 0 saturated heterocycles. The van der Waals surface area contributed by atoms with Gasteiger partial charge in [0.2, 0.25) is 0 Å². The second-order valence-corrected chi connectivity index (χ2v) is 5.74. The number of hydrogen-bond donors (Lipinski definition) is 2. The number of nitrogen functional groups attached to an aromatic ring is 1. The third kappa shape index (κ3) is 3.90. The first-order valence-electron chi connectivity index (χ1n) is 7.86. The number of methoxy groups -OCH3 is 1. The van der Waals surface area contributed by atoms with Crippen LogP contribution < -0.4 is 15.9 Å². The van der Waals surface area contributed by atoms with Crippen LogP contribution in [0.15, 0.2) is 48.7 Å². The number of nitrogens with one attached hydrogen (secondary N) is 1. The molecule has 28 heavy (non-hydrogen) atoms. The van der Waals surface area contributed by atoms with Gasteiger partial charge in [0.15, 0.2) is 0 Å². The van der Waals surface area contributed by atoms with E-state index in [0.29, 0.717) is 17.3 Å². The fourth-order valence-corrected chi connectivity index (χ4v) is 2.51. The summed E-state index contributed by atoms with van der Waals surface area (Å²) >= 11 is 0. The van der Waals surface area contributed by atoms with Crippen molar-refractivity contribution in [2.75, 3.05) is 18.3 Å². The minimum Gasteiger partial charge on any atom is -0.495 e. The maximum absolute atomic E-state index is 14.0. The van der Waals surface area contributed by atoms with Crippen molar-refractivity contribution < 1.29 is 27.1 Å². The van der Waals surface area contributed by atoms with Crippen LogP contribution in [-0.4, -0.2) is 22.9 Å². The van der Waals surface area contributed by atoms with Crippen LogP contribution in [0.4, 0.5) is 23.2 Å². The number of hydrogen-bond acceptors (Lipinski definition) is 4. The number of alkyl halides is 3. The van der Waals surface area contributed by atoms with Gasteiger partial charge in [0.1, 0.15) is 11.6 Å². The van der Waals surface area contributed by atoms with E-state index >= 15 is 0 Å². The van der Waals surface area contributed by atoms with Gasteiger partial charge in [0, 0.05) is 11.8 Å². The molecule has 1 amide bonds. The summed E-state index contributed by atoms with van der Waals surface area (Å²) in [6.07, 6.45) is -3.16. The number of aromatic nitrogens is 2. The van der Waals surface area contributed by atoms with Gasteiger partial charge in [-0.2, -0.15) is 23.1 Å². The highest BCUT2D eigenvalue weighted by Gasteiger charge is 2.31. The van der Waals surface area contributed by atoms with Crippen molar-refractivity contribution in [2.45, 2.75) is 6.18 Å². The Morgan fingerprint density at radius 3 is 2.50 bits per heavy atom. The molecule has 0 aliphatic heterocycles. The van der Waals surface area contributed by atoms with Crippen LogP contribution in [0.25, 0.3) is 11.3 Å². The first kappa shape index (κ1) is 19.2. The molecule has 0 saturated carbocycles. The van der Waals surface area contributed by atoms with Crippen LogP contribution in [0.1, 0.15) is 15.9 Å². The monoisotopic (exact) mass is 394 g/mol. The van der Waals surface area contributed by atoms with Gasteiger partial charge in [-0.1, -0.05) is 6.07 Å². The van der Waals surface area contributed by atoms with Gasteiger partial charge >= 0.3 is 6.18 Å². The summed E-state index contributed by atoms with van der Waals surface area (Å²) in [6.45, 7) is 0. The third-order valence-electron chi connectivity index (χ3n) is 3.89. The summed E-state index contributed by atoms with van der Waals surface area (Å²) < 4.78 is 57.1. The molecule has 0 bridgehead atoms. The van der Waals surface area contributed by atoms with Crippen molar-refractivity contribution in [3.05, 3.63) is 65.6 Å². The summed E-state index contributed by atoms with van der Waals surface area (Å²) in [5.41, 5.74) is -0.279. The molecule has 2 aromatic carbocycles. The summed E-state index contributed by atoms with van der Waals surface area (Å²) in [4.78, 5) is 13.4. The molecule has 0 radical (unpaired) electrons. The Kier molecular flexibility index (Phi) is 4.95. The molecule has 1 heterocycles. The molecule has 3 N–H and O–H groups in total. The average molecular weight is 394 g/mol. The second kappa shape index (κ2) is 7.22. The molecule has 0 spiro atoms. The van der Waals surface area contributed by atoms with E-state index in [4.69, 9.17) is 10.6 Å². The van der Waals surface area contributed by atoms with Crippen molar-refractivity contribution in [3.63, 3.8) is 0 Å². The van der Waals surface area contributed by atoms with Gasteiger partial charge in [0.25, 0.3) is 5.91 Å². The average Bonchev–Trinajstić information content (AvgIpc) is 3.07. The normalized spacial score (nSPS) is 11.3. The Morgan fingerprint density at radius 2 is 1.93 bits per heavy atom. The summed E-state index contributed by atoms with van der Waals surface area (Å²) in [7, 11) is 1.37. The lowest BCUT2D eigenvalue weighted by molar-refractivity contribution is -0.137. The number of carbonyl (C=O) groups excluding carboxylic acids is 1. The van der Waals surface area contributed by atoms with Crippen LogP contribution in [0.3, 0.4) is 0 Å². The predicted molar refractivity (Wildman–Crippen MR) is 93.7 cm³/mol. The van der Waals surface area contributed by atoms with Crippen molar-refractivity contribution in [3.8, 4) is 17.0 Å². The summed E-state index contributed by atoms with van der Waals surface area (Å²) in [5, 5.41) is 6.47. The Balaban J connectivity index is 1.86.